The van der Waals surface area contributed by atoms with Crippen molar-refractivity contribution < 1.29 is 5.11 Å². The highest BCUT2D eigenvalue weighted by molar-refractivity contribution is 4.52. The van der Waals surface area contributed by atoms with Gasteiger partial charge in [0.2, 0.25) is 0 Å². The van der Waals surface area contributed by atoms with Crippen LogP contribution in [0.15, 0.2) is 0 Å². The Bertz CT molecular complexity index is 89.0. The smallest absolute Gasteiger partial charge is 0.0456 e. The number of aliphatic hydroxyl groups is 1. The third-order valence-corrected chi connectivity index (χ3v) is 2.29. The molecular weight excluding hydrogens is 148 g/mol. The molecule has 0 aliphatic carbocycles. The van der Waals surface area contributed by atoms with E-state index in [1.54, 1.807) is 0 Å². The molecule has 1 nitrogen and oxygen atoms in total. The van der Waals surface area contributed by atoms with Crippen molar-refractivity contribution in [2.24, 2.45) is 11.8 Å². The quantitative estimate of drug-likeness (QED) is 0.585. The molecule has 0 heterocycles. The van der Waals surface area contributed by atoms with Crippen LogP contribution in [0.25, 0.3) is 0 Å². The monoisotopic (exact) mass is 172 g/mol. The number of aliphatic hydroxyl groups excluding tert-OH is 1. The molecule has 0 amide bonds. The van der Waals surface area contributed by atoms with Crippen LogP contribution < -0.4 is 0 Å². The predicted octanol–water partition coefficient (Wildman–Crippen LogP) is 3.22. The summed E-state index contributed by atoms with van der Waals surface area (Å²) in [6, 6.07) is 0. The fourth-order valence-corrected chi connectivity index (χ4v) is 1.31. The van der Waals surface area contributed by atoms with Gasteiger partial charge in [-0.15, -0.1) is 0 Å². The lowest BCUT2D eigenvalue weighted by Gasteiger charge is -2.07. The minimum absolute atomic E-state index is 0.351. The summed E-state index contributed by atoms with van der Waals surface area (Å²) >= 11 is 0. The normalized spacial score (nSPS) is 13.8. The zero-order chi connectivity index (χ0) is 9.40. The van der Waals surface area contributed by atoms with Crippen LogP contribution in [0.4, 0.5) is 0 Å². The molecule has 1 unspecified atom stereocenters. The second-order valence-electron chi connectivity index (χ2n) is 4.32. The Morgan fingerprint density at radius 3 is 2.00 bits per heavy atom. The van der Waals surface area contributed by atoms with E-state index >= 15 is 0 Å². The van der Waals surface area contributed by atoms with Gasteiger partial charge >= 0.3 is 0 Å². The first-order chi connectivity index (χ1) is 5.66. The minimum Gasteiger partial charge on any atom is -0.396 e. The van der Waals surface area contributed by atoms with Crippen LogP contribution >= 0.6 is 0 Å². The van der Waals surface area contributed by atoms with Crippen LogP contribution in [-0.4, -0.2) is 11.7 Å². The maximum atomic E-state index is 8.78. The van der Waals surface area contributed by atoms with Gasteiger partial charge in [-0.2, -0.15) is 0 Å². The SMILES string of the molecule is CC(C)CCCCCC(C)CO. The maximum absolute atomic E-state index is 8.78. The van der Waals surface area contributed by atoms with Gasteiger partial charge in [0.25, 0.3) is 0 Å². The van der Waals surface area contributed by atoms with Crippen molar-refractivity contribution in [2.45, 2.75) is 52.9 Å². The summed E-state index contributed by atoms with van der Waals surface area (Å²) in [5.41, 5.74) is 0. The van der Waals surface area contributed by atoms with Crippen molar-refractivity contribution in [1.82, 2.24) is 0 Å². The van der Waals surface area contributed by atoms with Crippen LogP contribution in [0.3, 0.4) is 0 Å². The Balaban J connectivity index is 3.00. The summed E-state index contributed by atoms with van der Waals surface area (Å²) in [6.07, 6.45) is 6.52. The van der Waals surface area contributed by atoms with E-state index < -0.39 is 0 Å². The van der Waals surface area contributed by atoms with Crippen LogP contribution in [-0.2, 0) is 0 Å². The Labute approximate surface area is 77.2 Å². The molecule has 0 aromatic rings. The van der Waals surface area contributed by atoms with Gasteiger partial charge in [-0.05, 0) is 18.3 Å². The van der Waals surface area contributed by atoms with Gasteiger partial charge in [-0.25, -0.2) is 0 Å². The summed E-state index contributed by atoms with van der Waals surface area (Å²) in [4.78, 5) is 0. The van der Waals surface area contributed by atoms with Crippen LogP contribution in [0.2, 0.25) is 0 Å². The second-order valence-corrected chi connectivity index (χ2v) is 4.32. The standard InChI is InChI=1S/C11H24O/c1-10(2)7-5-4-6-8-11(3)9-12/h10-12H,4-9H2,1-3H3. The molecule has 0 radical (unpaired) electrons. The Kier molecular flexibility index (Phi) is 7.58. The molecule has 0 rings (SSSR count). The molecule has 0 spiro atoms. The van der Waals surface area contributed by atoms with Gasteiger partial charge in [0.1, 0.15) is 0 Å². The fraction of sp³-hybridized carbons (Fsp3) is 1.00. The van der Waals surface area contributed by atoms with E-state index in [2.05, 4.69) is 20.8 Å². The highest BCUT2D eigenvalue weighted by Crippen LogP contribution is 2.12. The lowest BCUT2D eigenvalue weighted by atomic mass is 10.0. The van der Waals surface area contributed by atoms with Crippen LogP contribution in [0.5, 0.6) is 0 Å². The largest absolute Gasteiger partial charge is 0.396 e. The summed E-state index contributed by atoms with van der Waals surface area (Å²) in [6.45, 7) is 7.01. The van der Waals surface area contributed by atoms with Gasteiger partial charge in [0.15, 0.2) is 0 Å². The van der Waals surface area contributed by atoms with Gasteiger partial charge in [-0.3, -0.25) is 0 Å². The molecule has 0 saturated heterocycles. The zero-order valence-corrected chi connectivity index (χ0v) is 8.84. The number of unbranched alkanes of at least 4 members (excludes halogenated alkanes) is 2. The first-order valence-electron chi connectivity index (χ1n) is 5.27. The average molecular weight is 172 g/mol. The first kappa shape index (κ1) is 12.0. The molecule has 74 valence electrons. The van der Waals surface area contributed by atoms with Crippen molar-refractivity contribution in [3.63, 3.8) is 0 Å². The van der Waals surface area contributed by atoms with Gasteiger partial charge in [0.05, 0.1) is 0 Å². The minimum atomic E-state index is 0.351. The Morgan fingerprint density at radius 1 is 0.917 bits per heavy atom. The molecule has 0 aromatic heterocycles. The lowest BCUT2D eigenvalue weighted by molar-refractivity contribution is 0.227. The predicted molar refractivity (Wildman–Crippen MR) is 54.2 cm³/mol. The Hall–Kier alpha value is -0.0400. The number of hydrogen-bond acceptors (Lipinski definition) is 1. The second kappa shape index (κ2) is 7.60. The van der Waals surface area contributed by atoms with Gasteiger partial charge < -0.3 is 5.11 Å². The summed E-state index contributed by atoms with van der Waals surface area (Å²) in [5, 5.41) is 8.78. The van der Waals surface area contributed by atoms with Crippen molar-refractivity contribution >= 4 is 0 Å². The zero-order valence-electron chi connectivity index (χ0n) is 8.84. The van der Waals surface area contributed by atoms with Crippen LogP contribution in [0.1, 0.15) is 52.9 Å². The number of rotatable bonds is 7. The third-order valence-electron chi connectivity index (χ3n) is 2.29. The van der Waals surface area contributed by atoms with Gasteiger partial charge in [-0.1, -0.05) is 46.5 Å². The molecule has 1 N–H and O–H groups in total. The first-order valence-corrected chi connectivity index (χ1v) is 5.27. The van der Waals surface area contributed by atoms with E-state index in [4.69, 9.17) is 5.11 Å². The highest BCUT2D eigenvalue weighted by atomic mass is 16.3. The molecule has 1 heteroatoms. The van der Waals surface area contributed by atoms with E-state index in [0.717, 1.165) is 5.92 Å². The van der Waals surface area contributed by atoms with E-state index in [9.17, 15) is 0 Å². The Morgan fingerprint density at radius 2 is 1.50 bits per heavy atom. The lowest BCUT2D eigenvalue weighted by Crippen LogP contribution is -1.99. The fourth-order valence-electron chi connectivity index (χ4n) is 1.31. The molecule has 0 aromatic carbocycles. The maximum Gasteiger partial charge on any atom is 0.0456 e. The molecule has 0 bridgehead atoms. The topological polar surface area (TPSA) is 20.2 Å². The highest BCUT2D eigenvalue weighted by Gasteiger charge is 1.99. The summed E-state index contributed by atoms with van der Waals surface area (Å²) in [7, 11) is 0. The van der Waals surface area contributed by atoms with E-state index in [1.165, 1.54) is 32.1 Å². The van der Waals surface area contributed by atoms with Gasteiger partial charge in [0, 0.05) is 6.61 Å². The summed E-state index contributed by atoms with van der Waals surface area (Å²) in [5.74, 6) is 1.35. The van der Waals surface area contributed by atoms with Crippen molar-refractivity contribution in [3.8, 4) is 0 Å². The summed E-state index contributed by atoms with van der Waals surface area (Å²) < 4.78 is 0. The third kappa shape index (κ3) is 8.06. The average Bonchev–Trinajstić information content (AvgIpc) is 2.03. The molecule has 0 fully saturated rings. The molecule has 0 aliphatic heterocycles. The molecular formula is C11H24O. The molecule has 0 aliphatic rings. The van der Waals surface area contributed by atoms with Crippen molar-refractivity contribution in [1.29, 1.82) is 0 Å². The van der Waals surface area contributed by atoms with E-state index in [-0.39, 0.29) is 0 Å². The van der Waals surface area contributed by atoms with Crippen LogP contribution in [0, 0.1) is 11.8 Å². The van der Waals surface area contributed by atoms with E-state index in [1.807, 2.05) is 0 Å². The number of hydrogen-bond donors (Lipinski definition) is 1. The molecule has 12 heavy (non-hydrogen) atoms. The van der Waals surface area contributed by atoms with Crippen molar-refractivity contribution in [3.05, 3.63) is 0 Å². The van der Waals surface area contributed by atoms with E-state index in [0.29, 0.717) is 12.5 Å². The van der Waals surface area contributed by atoms with Crippen molar-refractivity contribution in [2.75, 3.05) is 6.61 Å². The molecule has 1 atom stereocenters. The molecule has 0 saturated carbocycles.